The van der Waals surface area contributed by atoms with Gasteiger partial charge in [0.2, 0.25) is 5.91 Å². The largest absolute Gasteiger partial charge is 0.497 e. The number of ether oxygens (including phenoxy) is 3. The van der Waals surface area contributed by atoms with Gasteiger partial charge in [0.15, 0.2) is 16.6 Å². The fourth-order valence-electron chi connectivity index (χ4n) is 3.99. The maximum atomic E-state index is 13.1. The van der Waals surface area contributed by atoms with Crippen molar-refractivity contribution in [2.45, 2.75) is 25.2 Å². The molecule has 2 amide bonds. The van der Waals surface area contributed by atoms with Gasteiger partial charge in [-0.25, -0.2) is 4.98 Å². The number of nitrogens with one attached hydrogen (secondary N) is 2. The zero-order chi connectivity index (χ0) is 22.8. The van der Waals surface area contributed by atoms with Crippen molar-refractivity contribution in [1.82, 2.24) is 4.98 Å². The van der Waals surface area contributed by atoms with Crippen LogP contribution in [0.3, 0.4) is 0 Å². The third kappa shape index (κ3) is 4.49. The molecule has 8 nitrogen and oxygen atoms in total. The first-order chi connectivity index (χ1) is 16.1. The predicted molar refractivity (Wildman–Crippen MR) is 125 cm³/mol. The third-order valence-corrected chi connectivity index (χ3v) is 6.70. The summed E-state index contributed by atoms with van der Waals surface area (Å²) in [7, 11) is 1.58. The highest BCUT2D eigenvalue weighted by atomic mass is 32.1. The number of benzene rings is 2. The van der Waals surface area contributed by atoms with Crippen LogP contribution >= 0.6 is 11.3 Å². The second kappa shape index (κ2) is 9.11. The van der Waals surface area contributed by atoms with Crippen LogP contribution in [-0.2, 0) is 11.2 Å². The molecule has 1 atom stereocenters. The molecule has 1 aromatic heterocycles. The van der Waals surface area contributed by atoms with Crippen molar-refractivity contribution in [3.05, 3.63) is 58.6 Å². The SMILES string of the molecule is COc1ccc(C(=O)Nc2nc3c(s2)CCCC3C(=O)Nc2ccc3c(c2)OCCO3)cc1. The molecule has 1 unspecified atom stereocenters. The highest BCUT2D eigenvalue weighted by Gasteiger charge is 2.31. The van der Waals surface area contributed by atoms with Crippen LogP contribution in [0, 0.1) is 0 Å². The molecule has 170 valence electrons. The summed E-state index contributed by atoms with van der Waals surface area (Å²) in [5, 5.41) is 6.34. The van der Waals surface area contributed by atoms with Crippen LogP contribution in [0.25, 0.3) is 0 Å². The number of thiazole rings is 1. The van der Waals surface area contributed by atoms with Crippen LogP contribution in [0.5, 0.6) is 17.2 Å². The average Bonchev–Trinajstić information content (AvgIpc) is 3.26. The highest BCUT2D eigenvalue weighted by Crippen LogP contribution is 2.38. The normalized spacial score (nSPS) is 16.5. The smallest absolute Gasteiger partial charge is 0.257 e. The van der Waals surface area contributed by atoms with E-state index in [1.807, 2.05) is 0 Å². The van der Waals surface area contributed by atoms with Crippen molar-refractivity contribution < 1.29 is 23.8 Å². The number of rotatable bonds is 5. The number of hydrogen-bond acceptors (Lipinski definition) is 7. The van der Waals surface area contributed by atoms with E-state index in [0.717, 1.165) is 23.4 Å². The molecular weight excluding hydrogens is 442 g/mol. The molecule has 2 heterocycles. The number of aryl methyl sites for hydroxylation is 1. The van der Waals surface area contributed by atoms with Crippen LogP contribution in [0.4, 0.5) is 10.8 Å². The molecule has 0 saturated carbocycles. The van der Waals surface area contributed by atoms with Crippen LogP contribution < -0.4 is 24.8 Å². The van der Waals surface area contributed by atoms with Crippen LogP contribution in [0.2, 0.25) is 0 Å². The van der Waals surface area contributed by atoms with Crippen molar-refractivity contribution in [1.29, 1.82) is 0 Å². The number of aromatic nitrogens is 1. The molecule has 0 fully saturated rings. The number of carbonyl (C=O) groups is 2. The zero-order valence-corrected chi connectivity index (χ0v) is 18.9. The van der Waals surface area contributed by atoms with Crippen LogP contribution in [-0.4, -0.2) is 37.1 Å². The Labute approximate surface area is 194 Å². The molecule has 33 heavy (non-hydrogen) atoms. The Bertz CT molecular complexity index is 1190. The fourth-order valence-corrected chi connectivity index (χ4v) is 5.05. The number of carbonyl (C=O) groups excluding carboxylic acids is 2. The molecule has 2 N–H and O–H groups in total. The molecule has 0 radical (unpaired) electrons. The predicted octanol–water partition coefficient (Wildman–Crippen LogP) is 4.23. The van der Waals surface area contributed by atoms with E-state index >= 15 is 0 Å². The molecule has 9 heteroatoms. The van der Waals surface area contributed by atoms with E-state index in [1.54, 1.807) is 49.6 Å². The van der Waals surface area contributed by atoms with Gasteiger partial charge < -0.3 is 19.5 Å². The number of anilines is 2. The van der Waals surface area contributed by atoms with Gasteiger partial charge in [0.1, 0.15) is 19.0 Å². The Morgan fingerprint density at radius 3 is 2.64 bits per heavy atom. The lowest BCUT2D eigenvalue weighted by molar-refractivity contribution is -0.117. The van der Waals surface area contributed by atoms with E-state index in [9.17, 15) is 9.59 Å². The van der Waals surface area contributed by atoms with Gasteiger partial charge in [-0.1, -0.05) is 0 Å². The quantitative estimate of drug-likeness (QED) is 0.585. The first-order valence-electron chi connectivity index (χ1n) is 10.8. The van der Waals surface area contributed by atoms with Crippen molar-refractivity contribution in [3.8, 4) is 17.2 Å². The molecule has 2 aliphatic rings. The lowest BCUT2D eigenvalue weighted by Crippen LogP contribution is -2.25. The first-order valence-corrected chi connectivity index (χ1v) is 11.6. The minimum absolute atomic E-state index is 0.119. The fraction of sp³-hybridized carbons (Fsp3) is 0.292. The van der Waals surface area contributed by atoms with Gasteiger partial charge in [0.25, 0.3) is 5.91 Å². The van der Waals surface area contributed by atoms with E-state index in [1.165, 1.54) is 11.3 Å². The molecule has 1 aliphatic carbocycles. The van der Waals surface area contributed by atoms with E-state index < -0.39 is 0 Å². The summed E-state index contributed by atoms with van der Waals surface area (Å²) in [4.78, 5) is 31.4. The van der Waals surface area contributed by atoms with Crippen LogP contribution in [0.15, 0.2) is 42.5 Å². The molecule has 5 rings (SSSR count). The van der Waals surface area contributed by atoms with Crippen molar-refractivity contribution in [2.24, 2.45) is 0 Å². The molecule has 3 aromatic rings. The lowest BCUT2D eigenvalue weighted by atomic mass is 9.90. The maximum absolute atomic E-state index is 13.1. The van der Waals surface area contributed by atoms with Gasteiger partial charge in [-0.2, -0.15) is 0 Å². The summed E-state index contributed by atoms with van der Waals surface area (Å²) in [6, 6.07) is 12.2. The number of methoxy groups -OCH3 is 1. The Kier molecular flexibility index (Phi) is 5.87. The highest BCUT2D eigenvalue weighted by molar-refractivity contribution is 7.16. The topological polar surface area (TPSA) is 98.8 Å². The number of amides is 2. The van der Waals surface area contributed by atoms with Gasteiger partial charge in [-0.05, 0) is 55.7 Å². The van der Waals surface area contributed by atoms with Gasteiger partial charge in [-0.3, -0.25) is 14.9 Å². The van der Waals surface area contributed by atoms with E-state index in [2.05, 4.69) is 15.6 Å². The zero-order valence-electron chi connectivity index (χ0n) is 18.1. The van der Waals surface area contributed by atoms with Crippen LogP contribution in [0.1, 0.15) is 39.7 Å². The Morgan fingerprint density at radius 2 is 1.85 bits per heavy atom. The maximum Gasteiger partial charge on any atom is 0.257 e. The van der Waals surface area contributed by atoms with Crippen molar-refractivity contribution >= 4 is 34.0 Å². The van der Waals surface area contributed by atoms with E-state index in [0.29, 0.717) is 53.3 Å². The number of hydrogen-bond donors (Lipinski definition) is 2. The standard InChI is InChI=1S/C24H23N3O5S/c1-30-16-8-5-14(6-9-16)22(28)27-24-26-21-17(3-2-4-20(21)33-24)23(29)25-15-7-10-18-19(13-15)32-12-11-31-18/h5-10,13,17H,2-4,11-12H2,1H3,(H,25,29)(H,26,27,28). The molecule has 0 bridgehead atoms. The number of fused-ring (bicyclic) bond motifs is 2. The second-order valence-corrected chi connectivity index (χ2v) is 8.89. The average molecular weight is 466 g/mol. The summed E-state index contributed by atoms with van der Waals surface area (Å²) in [5.74, 6) is 1.25. The molecule has 2 aromatic carbocycles. The van der Waals surface area contributed by atoms with Gasteiger partial charge in [0.05, 0.1) is 18.7 Å². The van der Waals surface area contributed by atoms with Crippen molar-refractivity contribution in [2.75, 3.05) is 31.0 Å². The first kappa shape index (κ1) is 21.3. The summed E-state index contributed by atoms with van der Waals surface area (Å²) in [6.07, 6.45) is 2.44. The Balaban J connectivity index is 1.30. The van der Waals surface area contributed by atoms with Crippen molar-refractivity contribution in [3.63, 3.8) is 0 Å². The molecular formula is C24H23N3O5S. The van der Waals surface area contributed by atoms with Gasteiger partial charge >= 0.3 is 0 Å². The van der Waals surface area contributed by atoms with E-state index in [-0.39, 0.29) is 17.7 Å². The monoisotopic (exact) mass is 465 g/mol. The van der Waals surface area contributed by atoms with Gasteiger partial charge in [-0.15, -0.1) is 11.3 Å². The summed E-state index contributed by atoms with van der Waals surface area (Å²) in [6.45, 7) is 1.00. The molecule has 0 saturated heterocycles. The lowest BCUT2D eigenvalue weighted by Gasteiger charge is -2.22. The summed E-state index contributed by atoms with van der Waals surface area (Å²) >= 11 is 1.43. The van der Waals surface area contributed by atoms with E-state index in [4.69, 9.17) is 14.2 Å². The minimum Gasteiger partial charge on any atom is -0.497 e. The third-order valence-electron chi connectivity index (χ3n) is 5.65. The number of nitrogens with zero attached hydrogens (tertiary/aromatic N) is 1. The summed E-state index contributed by atoms with van der Waals surface area (Å²) in [5.41, 5.74) is 1.91. The minimum atomic E-state index is -0.371. The summed E-state index contributed by atoms with van der Waals surface area (Å²) < 4.78 is 16.3. The Morgan fingerprint density at radius 1 is 1.06 bits per heavy atom. The second-order valence-electron chi connectivity index (χ2n) is 7.80. The molecule has 0 spiro atoms. The molecule has 1 aliphatic heterocycles. The Hall–Kier alpha value is -3.59. The van der Waals surface area contributed by atoms with Gasteiger partial charge in [0, 0.05) is 22.2 Å².